The van der Waals surface area contributed by atoms with Crippen molar-refractivity contribution in [1.82, 2.24) is 0 Å². The average Bonchev–Trinajstić information content (AvgIpc) is 3.22. The highest BCUT2D eigenvalue weighted by molar-refractivity contribution is 7.45. The van der Waals surface area contributed by atoms with Gasteiger partial charge in [0.15, 0.2) is 6.10 Å². The lowest BCUT2D eigenvalue weighted by Crippen LogP contribution is -2.37. The number of aliphatic hydroxyl groups excluding tert-OH is 1. The Labute approximate surface area is 378 Å². The first-order valence-corrected chi connectivity index (χ1v) is 25.4. The summed E-state index contributed by atoms with van der Waals surface area (Å²) in [4.78, 5) is 37.6. The highest BCUT2D eigenvalue weighted by atomic mass is 31.2. The first-order chi connectivity index (χ1) is 29.9. The molecule has 0 radical (unpaired) electrons. The SMILES string of the molecule is CCCCCC/C=C\C/C=C\C/C=C\CCCCCCCCC(=O)O[C@H](COC(=O)CCC/C=C\C/C=C\C/C=C\C=C\[C@H](O)CCCCC)COP(=O)([O-])OCC[N+](C)(C)C. The van der Waals surface area contributed by atoms with Gasteiger partial charge in [0, 0.05) is 12.8 Å². The summed E-state index contributed by atoms with van der Waals surface area (Å²) in [6.45, 7) is 3.98. The van der Waals surface area contributed by atoms with Crippen LogP contribution in [0.3, 0.4) is 0 Å². The number of likely N-dealkylation sites (N-methyl/N-ethyl adjacent to an activating group) is 1. The van der Waals surface area contributed by atoms with Crippen molar-refractivity contribution in [2.75, 3.05) is 47.5 Å². The number of nitrogens with zero attached hydrogens (tertiary/aromatic N) is 1. The predicted octanol–water partition coefficient (Wildman–Crippen LogP) is 12.3. The number of hydrogen-bond acceptors (Lipinski definition) is 9. The van der Waals surface area contributed by atoms with E-state index in [1.54, 1.807) is 0 Å². The van der Waals surface area contributed by atoms with Crippen LogP contribution in [0, 0.1) is 0 Å². The number of quaternary nitrogens is 1. The molecule has 0 saturated carbocycles. The minimum Gasteiger partial charge on any atom is -0.756 e. The molecule has 3 atom stereocenters. The van der Waals surface area contributed by atoms with Gasteiger partial charge in [0.1, 0.15) is 19.8 Å². The molecule has 0 bridgehead atoms. The normalized spacial score (nSPS) is 14.8. The number of aliphatic hydroxyl groups is 1. The highest BCUT2D eigenvalue weighted by Gasteiger charge is 2.21. The van der Waals surface area contributed by atoms with Gasteiger partial charge in [-0.25, -0.2) is 0 Å². The zero-order chi connectivity index (χ0) is 45.8. The Balaban J connectivity index is 4.48. The Kier molecular flexibility index (Phi) is 40.2. The fourth-order valence-electron chi connectivity index (χ4n) is 5.94. The van der Waals surface area contributed by atoms with Crippen molar-refractivity contribution in [3.05, 3.63) is 85.1 Å². The number of carbonyl (C=O) groups is 2. The summed E-state index contributed by atoms with van der Waals surface area (Å²) in [6, 6.07) is 0. The molecule has 0 aromatic rings. The van der Waals surface area contributed by atoms with Crippen molar-refractivity contribution < 1.29 is 47.2 Å². The third kappa shape index (κ3) is 45.2. The lowest BCUT2D eigenvalue weighted by Gasteiger charge is -2.28. The quantitative estimate of drug-likeness (QED) is 0.0159. The maximum absolute atomic E-state index is 12.7. The molecule has 11 heteroatoms. The van der Waals surface area contributed by atoms with Crippen LogP contribution in [-0.4, -0.2) is 81.2 Å². The Morgan fingerprint density at radius 3 is 1.69 bits per heavy atom. The molecule has 0 aliphatic rings. The number of rotatable bonds is 42. The van der Waals surface area contributed by atoms with Gasteiger partial charge >= 0.3 is 11.9 Å². The lowest BCUT2D eigenvalue weighted by molar-refractivity contribution is -0.870. The molecule has 356 valence electrons. The van der Waals surface area contributed by atoms with Crippen LogP contribution in [0.15, 0.2) is 85.1 Å². The molecular weight excluding hydrogens is 802 g/mol. The fraction of sp³-hybridized carbons (Fsp3) is 0.686. The van der Waals surface area contributed by atoms with Gasteiger partial charge < -0.3 is 33.0 Å². The van der Waals surface area contributed by atoms with Crippen LogP contribution in [0.25, 0.3) is 0 Å². The molecule has 0 fully saturated rings. The Hall–Kier alpha value is -2.85. The second kappa shape index (κ2) is 42.1. The van der Waals surface area contributed by atoms with Gasteiger partial charge in [0.25, 0.3) is 7.82 Å². The van der Waals surface area contributed by atoms with Gasteiger partial charge in [-0.15, -0.1) is 0 Å². The van der Waals surface area contributed by atoms with E-state index in [0.717, 1.165) is 89.9 Å². The number of esters is 2. The summed E-state index contributed by atoms with van der Waals surface area (Å²) in [7, 11) is 1.09. The van der Waals surface area contributed by atoms with Gasteiger partial charge in [-0.2, -0.15) is 0 Å². The van der Waals surface area contributed by atoms with Crippen LogP contribution >= 0.6 is 7.82 Å². The number of ether oxygens (including phenoxy) is 2. The van der Waals surface area contributed by atoms with Gasteiger partial charge in [-0.3, -0.25) is 14.2 Å². The summed E-state index contributed by atoms with van der Waals surface area (Å²) in [5.74, 6) is -0.948. The Bertz CT molecular complexity index is 1340. The molecule has 0 aliphatic carbocycles. The molecule has 10 nitrogen and oxygen atoms in total. The van der Waals surface area contributed by atoms with Crippen molar-refractivity contribution in [3.63, 3.8) is 0 Å². The van der Waals surface area contributed by atoms with Crippen molar-refractivity contribution >= 4 is 19.8 Å². The van der Waals surface area contributed by atoms with E-state index in [0.29, 0.717) is 30.3 Å². The molecular formula is C51H88NO9P. The molecule has 1 N–H and O–H groups in total. The molecule has 62 heavy (non-hydrogen) atoms. The van der Waals surface area contributed by atoms with Gasteiger partial charge in [-0.05, 0) is 77.0 Å². The summed E-state index contributed by atoms with van der Waals surface area (Å²) in [6.07, 6.45) is 50.8. The lowest BCUT2D eigenvalue weighted by atomic mass is 10.1. The number of allylic oxidation sites excluding steroid dienone is 13. The van der Waals surface area contributed by atoms with E-state index in [-0.39, 0.29) is 32.2 Å². The fourth-order valence-corrected chi connectivity index (χ4v) is 6.67. The predicted molar refractivity (Wildman–Crippen MR) is 255 cm³/mol. The van der Waals surface area contributed by atoms with Crippen molar-refractivity contribution in [2.45, 2.75) is 180 Å². The monoisotopic (exact) mass is 890 g/mol. The standard InChI is InChI=1S/C51H88NO9P/c1-6-8-10-11-12-13-14-15-16-17-18-19-20-21-22-25-29-32-35-39-43-51(55)61-49(47-60-62(56,57)59-45-44-52(3,4)5)46-58-50(54)42-38-34-31-28-26-23-24-27-30-33-37-41-48(53)40-36-9-7-2/h13-14,16-17,19-20,23-24,28,30-31,33,37,41,48-49,53H,6-12,15,18,21-22,25-27,29,32,34-36,38-40,42-47H2,1-5H3/b14-13-,17-16-,20-19-,24-23-,31-28-,33-30-,41-37+/t48-,49-/m1/s1. The topological polar surface area (TPSA) is 131 Å². The van der Waals surface area contributed by atoms with Crippen molar-refractivity contribution in [2.24, 2.45) is 0 Å². The molecule has 0 heterocycles. The van der Waals surface area contributed by atoms with Crippen LogP contribution in [0.2, 0.25) is 0 Å². The van der Waals surface area contributed by atoms with E-state index in [1.807, 2.05) is 57.6 Å². The van der Waals surface area contributed by atoms with Crippen molar-refractivity contribution in [1.29, 1.82) is 0 Å². The number of hydrogen-bond donors (Lipinski definition) is 1. The molecule has 0 aromatic heterocycles. The number of phosphoric acid groups is 1. The zero-order valence-corrected chi connectivity index (χ0v) is 40.5. The highest BCUT2D eigenvalue weighted by Crippen LogP contribution is 2.38. The molecule has 0 aliphatic heterocycles. The van der Waals surface area contributed by atoms with E-state index in [4.69, 9.17) is 18.5 Å². The molecule has 0 spiro atoms. The second-order valence-corrected chi connectivity index (χ2v) is 18.4. The maximum Gasteiger partial charge on any atom is 0.306 e. The molecule has 0 rings (SSSR count). The van der Waals surface area contributed by atoms with Crippen LogP contribution in [-0.2, 0) is 32.7 Å². The zero-order valence-electron chi connectivity index (χ0n) is 39.6. The van der Waals surface area contributed by atoms with Crippen LogP contribution in [0.4, 0.5) is 0 Å². The van der Waals surface area contributed by atoms with Gasteiger partial charge in [0.05, 0.1) is 33.9 Å². The van der Waals surface area contributed by atoms with E-state index >= 15 is 0 Å². The van der Waals surface area contributed by atoms with E-state index in [2.05, 4.69) is 62.5 Å². The number of phosphoric ester groups is 1. The molecule has 0 saturated heterocycles. The summed E-state index contributed by atoms with van der Waals surface area (Å²) < 4.78 is 33.9. The number of carbonyl (C=O) groups excluding carboxylic acids is 2. The Morgan fingerprint density at radius 2 is 1.10 bits per heavy atom. The summed E-state index contributed by atoms with van der Waals surface area (Å²) in [5, 5.41) is 9.91. The van der Waals surface area contributed by atoms with E-state index in [9.17, 15) is 24.2 Å². The smallest absolute Gasteiger partial charge is 0.306 e. The molecule has 0 amide bonds. The van der Waals surface area contributed by atoms with Crippen molar-refractivity contribution in [3.8, 4) is 0 Å². The van der Waals surface area contributed by atoms with Crippen LogP contribution < -0.4 is 4.89 Å². The molecule has 1 unspecified atom stereocenters. The van der Waals surface area contributed by atoms with Crippen LogP contribution in [0.1, 0.15) is 168 Å². The third-order valence-electron chi connectivity index (χ3n) is 9.74. The summed E-state index contributed by atoms with van der Waals surface area (Å²) in [5.41, 5.74) is 0. The van der Waals surface area contributed by atoms with Gasteiger partial charge in [-0.1, -0.05) is 163 Å². The van der Waals surface area contributed by atoms with E-state index in [1.165, 1.54) is 32.1 Å². The first-order valence-electron chi connectivity index (χ1n) is 23.9. The largest absolute Gasteiger partial charge is 0.756 e. The summed E-state index contributed by atoms with van der Waals surface area (Å²) >= 11 is 0. The van der Waals surface area contributed by atoms with E-state index < -0.39 is 32.5 Å². The Morgan fingerprint density at radius 1 is 0.597 bits per heavy atom. The second-order valence-electron chi connectivity index (χ2n) is 17.0. The molecule has 0 aromatic carbocycles. The average molecular weight is 890 g/mol. The van der Waals surface area contributed by atoms with Gasteiger partial charge in [0.2, 0.25) is 0 Å². The number of unbranched alkanes of at least 4 members (excludes halogenated alkanes) is 13. The minimum absolute atomic E-state index is 0.0542. The van der Waals surface area contributed by atoms with Crippen LogP contribution in [0.5, 0.6) is 0 Å². The maximum atomic E-state index is 12.7. The minimum atomic E-state index is -4.66. The third-order valence-corrected chi connectivity index (χ3v) is 10.7. The first kappa shape index (κ1) is 59.1.